The van der Waals surface area contributed by atoms with Crippen molar-refractivity contribution in [2.75, 3.05) is 12.3 Å². The molecule has 4 N–H and O–H groups in total. The third kappa shape index (κ3) is 4.76. The molecule has 9 nitrogen and oxygen atoms in total. The van der Waals surface area contributed by atoms with E-state index in [9.17, 15) is 19.2 Å². The van der Waals surface area contributed by atoms with Crippen molar-refractivity contribution >= 4 is 56.2 Å². The summed E-state index contributed by atoms with van der Waals surface area (Å²) < 4.78 is 4.38. The van der Waals surface area contributed by atoms with Crippen LogP contribution in [0.5, 0.6) is 0 Å². The molecular weight excluding hydrogens is 538 g/mol. The van der Waals surface area contributed by atoms with E-state index in [1.807, 2.05) is 10.6 Å². The first-order valence-corrected chi connectivity index (χ1v) is 13.8. The summed E-state index contributed by atoms with van der Waals surface area (Å²) in [4.78, 5) is 53.4. The third-order valence-electron chi connectivity index (χ3n) is 8.42. The average Bonchev–Trinajstić information content (AvgIpc) is 3.26. The minimum absolute atomic E-state index is 0.0166. The number of aryl methyl sites for hydroxylation is 1. The van der Waals surface area contributed by atoms with Crippen LogP contribution in [0.15, 0.2) is 18.3 Å². The van der Waals surface area contributed by atoms with Crippen molar-refractivity contribution in [1.82, 2.24) is 19.1 Å². The Kier molecular flexibility index (Phi) is 6.81. The normalized spacial score (nSPS) is 28.4. The molecule has 2 aromatic rings. The largest absolute Gasteiger partial charge is 0.399 e. The summed E-state index contributed by atoms with van der Waals surface area (Å²) in [6.45, 7) is 4.10. The van der Waals surface area contributed by atoms with Crippen LogP contribution >= 0.6 is 16.1 Å². The van der Waals surface area contributed by atoms with Crippen molar-refractivity contribution in [3.05, 3.63) is 29.5 Å². The average molecular weight is 573 g/mol. The lowest BCUT2D eigenvalue weighted by Crippen LogP contribution is -2.47. The number of nitrogens with zero attached hydrogens (tertiary/aromatic N) is 2. The minimum Gasteiger partial charge on any atom is -0.399 e. The number of benzene rings is 1. The fraction of sp³-hybridized carbons (Fsp3) is 0.556. The summed E-state index contributed by atoms with van der Waals surface area (Å²) in [5.74, 6) is -0.258. The van der Waals surface area contributed by atoms with Crippen molar-refractivity contribution in [3.63, 3.8) is 0 Å². The molecule has 10 heteroatoms. The Balaban J connectivity index is 1.56. The zero-order valence-corrected chi connectivity index (χ0v) is 22.9. The number of piperidine rings is 1. The van der Waals surface area contributed by atoms with Crippen LogP contribution in [0.25, 0.3) is 10.9 Å². The van der Waals surface area contributed by atoms with Gasteiger partial charge >= 0.3 is 0 Å². The van der Waals surface area contributed by atoms with Gasteiger partial charge in [-0.2, -0.15) is 0 Å². The van der Waals surface area contributed by atoms with Crippen LogP contribution in [0.2, 0.25) is 0 Å². The molecule has 1 aromatic heterocycles. The number of Topliss-reactive ketones (excluding diaryl/α,β-unsaturated/α-hetero) is 1. The second-order valence-corrected chi connectivity index (χ2v) is 11.6. The number of nitrogens with one attached hydrogen (secondary N) is 2. The highest BCUT2D eigenvalue weighted by atomic mass is 79.9. The highest BCUT2D eigenvalue weighted by Crippen LogP contribution is 2.59. The second kappa shape index (κ2) is 9.78. The molecule has 2 bridgehead atoms. The van der Waals surface area contributed by atoms with Gasteiger partial charge in [0.1, 0.15) is 12.6 Å². The van der Waals surface area contributed by atoms with Crippen molar-refractivity contribution in [2.24, 2.45) is 11.3 Å². The number of rotatable bonds is 2. The predicted molar refractivity (Wildman–Crippen MR) is 144 cm³/mol. The van der Waals surface area contributed by atoms with Crippen LogP contribution in [0.4, 0.5) is 5.69 Å². The molecular formula is C27H34BrN5O4. The Labute approximate surface area is 224 Å². The molecule has 0 radical (unpaired) electrons. The molecule has 5 rings (SSSR count). The number of carbonyl (C=O) groups excluding carboxylic acids is 4. The van der Waals surface area contributed by atoms with E-state index in [4.69, 9.17) is 5.73 Å². The SMILES string of the molecule is CC(=O)c1cn2c3c(cc(N)cc13)CCCC[C@H](C)CC(=O)NC[C@@]13C[C@@H](C(=O)NBr)N(C(=O)C2)[C@@H]1C3. The number of amides is 3. The van der Waals surface area contributed by atoms with Crippen LogP contribution in [0.1, 0.15) is 68.3 Å². The van der Waals surface area contributed by atoms with Gasteiger partial charge in [-0.1, -0.05) is 19.8 Å². The predicted octanol–water partition coefficient (Wildman–Crippen LogP) is 3.08. The van der Waals surface area contributed by atoms with Gasteiger partial charge < -0.3 is 20.5 Å². The van der Waals surface area contributed by atoms with Crippen molar-refractivity contribution < 1.29 is 19.2 Å². The van der Waals surface area contributed by atoms with Crippen LogP contribution < -0.4 is 15.4 Å². The summed E-state index contributed by atoms with van der Waals surface area (Å²) >= 11 is 3.04. The number of hydrogen-bond donors (Lipinski definition) is 3. The van der Waals surface area contributed by atoms with Gasteiger partial charge in [-0.25, -0.2) is 0 Å². The Bertz CT molecular complexity index is 1290. The molecule has 198 valence electrons. The molecule has 3 heterocycles. The molecule has 2 aliphatic heterocycles. The van der Waals surface area contributed by atoms with E-state index in [2.05, 4.69) is 32.7 Å². The van der Waals surface area contributed by atoms with Crippen molar-refractivity contribution in [3.8, 4) is 0 Å². The number of halogens is 1. The van der Waals surface area contributed by atoms with Gasteiger partial charge in [0.2, 0.25) is 11.8 Å². The Morgan fingerprint density at radius 2 is 2.00 bits per heavy atom. The van der Waals surface area contributed by atoms with E-state index in [0.717, 1.165) is 48.6 Å². The first kappa shape index (κ1) is 25.8. The first-order chi connectivity index (χ1) is 17.6. The zero-order chi connectivity index (χ0) is 26.5. The number of hydrogen-bond acceptors (Lipinski definition) is 5. The number of nitrogens with two attached hydrogens (primary N) is 1. The Hall–Kier alpha value is -2.88. The summed E-state index contributed by atoms with van der Waals surface area (Å²) in [5.41, 5.74) is 8.93. The quantitative estimate of drug-likeness (QED) is 0.290. The van der Waals surface area contributed by atoms with Gasteiger partial charge in [0.15, 0.2) is 5.78 Å². The van der Waals surface area contributed by atoms with Gasteiger partial charge in [-0.05, 0) is 56.2 Å². The standard InChI is InChI=1S/C27H34BrN5O4/c1-15-5-3-4-6-17-8-18(29)9-19-20(16(2)34)12-32(25(17)19)13-24(36)33-21(26(37)31-28)10-27(11-22(27)33)14-30-23(35)7-15/h8-9,12,15,21-22H,3-7,10-11,13-14,29H2,1-2H3,(H,30,35)(H,31,37)/t15-,21-,22+,27-/m0/s1. The van der Waals surface area contributed by atoms with E-state index < -0.39 is 6.04 Å². The number of anilines is 1. The zero-order valence-electron chi connectivity index (χ0n) is 21.3. The van der Waals surface area contributed by atoms with Crippen LogP contribution in [-0.4, -0.2) is 51.6 Å². The second-order valence-electron chi connectivity index (χ2n) is 11.2. The first-order valence-electron chi connectivity index (χ1n) is 13.0. The lowest BCUT2D eigenvalue weighted by molar-refractivity contribution is -0.139. The molecule has 3 amide bonds. The monoisotopic (exact) mass is 571 g/mol. The fourth-order valence-corrected chi connectivity index (χ4v) is 6.75. The highest BCUT2D eigenvalue weighted by molar-refractivity contribution is 9.08. The number of carbonyl (C=O) groups is 4. The molecule has 4 atom stereocenters. The smallest absolute Gasteiger partial charge is 0.252 e. The Morgan fingerprint density at radius 3 is 2.73 bits per heavy atom. The summed E-state index contributed by atoms with van der Waals surface area (Å²) in [7, 11) is 0. The Morgan fingerprint density at radius 1 is 1.22 bits per heavy atom. The fourth-order valence-electron chi connectivity index (χ4n) is 6.48. The summed E-state index contributed by atoms with van der Waals surface area (Å²) in [6.07, 6.45) is 7.03. The van der Waals surface area contributed by atoms with Crippen molar-refractivity contribution in [1.29, 1.82) is 0 Å². The third-order valence-corrected chi connectivity index (χ3v) is 8.82. The van der Waals surface area contributed by atoms with Crippen LogP contribution in [-0.2, 0) is 27.3 Å². The number of aromatic nitrogens is 1. The molecule has 1 saturated carbocycles. The van der Waals surface area contributed by atoms with Gasteiger partial charge in [0.05, 0.1) is 5.52 Å². The van der Waals surface area contributed by atoms with Crippen molar-refractivity contribution in [2.45, 2.75) is 77.4 Å². The van der Waals surface area contributed by atoms with Gasteiger partial charge in [-0.3, -0.25) is 23.5 Å². The molecule has 3 aliphatic rings. The molecule has 0 spiro atoms. The van der Waals surface area contributed by atoms with Gasteiger partial charge in [-0.15, -0.1) is 0 Å². The number of nitrogen functional groups attached to an aromatic ring is 1. The van der Waals surface area contributed by atoms with E-state index in [0.29, 0.717) is 30.6 Å². The molecule has 1 saturated heterocycles. The maximum absolute atomic E-state index is 13.8. The highest BCUT2D eigenvalue weighted by Gasteiger charge is 2.67. The summed E-state index contributed by atoms with van der Waals surface area (Å²) in [5, 5.41) is 3.84. The number of ketones is 1. The van der Waals surface area contributed by atoms with Gasteiger partial charge in [0.25, 0.3) is 5.91 Å². The molecule has 1 aromatic carbocycles. The maximum Gasteiger partial charge on any atom is 0.252 e. The topological polar surface area (TPSA) is 127 Å². The molecule has 1 aliphatic carbocycles. The lowest BCUT2D eigenvalue weighted by atomic mass is 9.96. The molecule has 0 unspecified atom stereocenters. The lowest BCUT2D eigenvalue weighted by Gasteiger charge is -2.26. The molecule has 37 heavy (non-hydrogen) atoms. The van der Waals surface area contributed by atoms with Crippen LogP contribution in [0.3, 0.4) is 0 Å². The molecule has 2 fully saturated rings. The van der Waals surface area contributed by atoms with E-state index in [-0.39, 0.29) is 47.4 Å². The van der Waals surface area contributed by atoms with E-state index >= 15 is 0 Å². The maximum atomic E-state index is 13.8. The van der Waals surface area contributed by atoms with Crippen LogP contribution in [0, 0.1) is 11.3 Å². The summed E-state index contributed by atoms with van der Waals surface area (Å²) in [6, 6.07) is 3.01. The van der Waals surface area contributed by atoms with E-state index in [1.54, 1.807) is 17.2 Å². The van der Waals surface area contributed by atoms with Gasteiger partial charge in [0, 0.05) is 63.4 Å². The minimum atomic E-state index is -0.621. The van der Waals surface area contributed by atoms with E-state index in [1.165, 1.54) is 6.92 Å².